The average molecular weight is 544 g/mol. The topological polar surface area (TPSA) is 134 Å². The molecule has 0 aliphatic heterocycles. The summed E-state index contributed by atoms with van der Waals surface area (Å²) in [5, 5.41) is 21.4. The van der Waals surface area contributed by atoms with E-state index in [0.717, 1.165) is 55.2 Å². The number of carbonyl (C=O) groups is 2. The molecular formula is C26H28F3N7O3. The van der Waals surface area contributed by atoms with Crippen LogP contribution in [-0.4, -0.2) is 38.9 Å². The summed E-state index contributed by atoms with van der Waals surface area (Å²) in [6, 6.07) is 11.1. The standard InChI is InChI=1S/C26H28F3N7O3/c27-26(28,29)39-21-13-11-20(12-14-21)30-25(38)31-22(17-5-3-16(4-6-17)15-1-2-15)18-7-9-19(10-8-18)23(37)32-24-33-35-36-34-24/h7-17,22H,1-6H2,(H2,30,31,38)(H2,32,33,34,35,36,37). The minimum Gasteiger partial charge on any atom is -0.406 e. The van der Waals surface area contributed by atoms with Gasteiger partial charge in [0.15, 0.2) is 0 Å². The number of urea groups is 1. The highest BCUT2D eigenvalue weighted by Gasteiger charge is 2.37. The number of tetrazole rings is 1. The number of alkyl halides is 3. The van der Waals surface area contributed by atoms with Gasteiger partial charge in [-0.2, -0.15) is 5.21 Å². The molecule has 39 heavy (non-hydrogen) atoms. The number of anilines is 2. The Morgan fingerprint density at radius 1 is 0.897 bits per heavy atom. The molecule has 2 aromatic carbocycles. The predicted octanol–water partition coefficient (Wildman–Crippen LogP) is 5.43. The molecule has 2 fully saturated rings. The van der Waals surface area contributed by atoms with Crippen LogP contribution in [0.25, 0.3) is 0 Å². The quantitative estimate of drug-likeness (QED) is 0.299. The van der Waals surface area contributed by atoms with Gasteiger partial charge in [0.2, 0.25) is 0 Å². The molecule has 10 nitrogen and oxygen atoms in total. The van der Waals surface area contributed by atoms with Crippen LogP contribution in [0.2, 0.25) is 0 Å². The molecule has 0 bridgehead atoms. The first-order valence-electron chi connectivity index (χ1n) is 12.8. The Hall–Kier alpha value is -4.16. The van der Waals surface area contributed by atoms with Gasteiger partial charge in [-0.05, 0) is 103 Å². The maximum atomic E-state index is 13.0. The summed E-state index contributed by atoms with van der Waals surface area (Å²) in [5.41, 5.74) is 1.57. The van der Waals surface area contributed by atoms with E-state index >= 15 is 0 Å². The number of H-pyrrole nitrogens is 1. The second-order valence-electron chi connectivity index (χ2n) is 9.97. The van der Waals surface area contributed by atoms with E-state index in [0.29, 0.717) is 11.3 Å². The number of amides is 3. The summed E-state index contributed by atoms with van der Waals surface area (Å²) in [7, 11) is 0. The summed E-state index contributed by atoms with van der Waals surface area (Å²) in [6.07, 6.45) is 1.98. The summed E-state index contributed by atoms with van der Waals surface area (Å²) in [4.78, 5) is 25.5. The van der Waals surface area contributed by atoms with Gasteiger partial charge in [0.05, 0.1) is 6.04 Å². The Morgan fingerprint density at radius 3 is 2.10 bits per heavy atom. The molecule has 1 atom stereocenters. The summed E-state index contributed by atoms with van der Waals surface area (Å²) in [5.74, 6) is 1.07. The van der Waals surface area contributed by atoms with Gasteiger partial charge in [-0.3, -0.25) is 10.1 Å². The van der Waals surface area contributed by atoms with Crippen LogP contribution >= 0.6 is 0 Å². The third-order valence-corrected chi connectivity index (χ3v) is 7.31. The molecule has 2 aliphatic carbocycles. The molecule has 206 valence electrons. The SMILES string of the molecule is O=C(Nc1ccc(OC(F)(F)F)cc1)NC(c1ccc(C(=O)Nc2nn[nH]n2)cc1)C1CCC(C2CC2)CC1. The van der Waals surface area contributed by atoms with E-state index in [1.807, 2.05) is 12.1 Å². The van der Waals surface area contributed by atoms with Crippen LogP contribution in [0.1, 0.15) is 60.5 Å². The average Bonchev–Trinajstić information content (AvgIpc) is 3.64. The molecule has 5 rings (SSSR count). The van der Waals surface area contributed by atoms with Crippen molar-refractivity contribution in [3.63, 3.8) is 0 Å². The van der Waals surface area contributed by atoms with E-state index in [1.54, 1.807) is 12.1 Å². The lowest BCUT2D eigenvalue weighted by Gasteiger charge is -2.35. The zero-order chi connectivity index (χ0) is 27.4. The van der Waals surface area contributed by atoms with Crippen molar-refractivity contribution in [1.29, 1.82) is 0 Å². The first-order valence-corrected chi connectivity index (χ1v) is 12.8. The minimum absolute atomic E-state index is 0.0608. The molecule has 13 heteroatoms. The lowest BCUT2D eigenvalue weighted by molar-refractivity contribution is -0.274. The number of rotatable bonds is 8. The molecule has 3 aromatic rings. The lowest BCUT2D eigenvalue weighted by Crippen LogP contribution is -2.38. The van der Waals surface area contributed by atoms with Gasteiger partial charge in [-0.1, -0.05) is 17.2 Å². The Labute approximate surface area is 222 Å². The molecule has 0 saturated heterocycles. The Balaban J connectivity index is 1.26. The van der Waals surface area contributed by atoms with Gasteiger partial charge in [-0.15, -0.1) is 18.3 Å². The fourth-order valence-corrected chi connectivity index (χ4v) is 5.27. The molecule has 1 unspecified atom stereocenters. The molecule has 2 aliphatic rings. The highest BCUT2D eigenvalue weighted by molar-refractivity contribution is 6.03. The van der Waals surface area contributed by atoms with Crippen molar-refractivity contribution in [2.45, 2.75) is 50.9 Å². The van der Waals surface area contributed by atoms with Crippen molar-refractivity contribution in [2.75, 3.05) is 10.6 Å². The van der Waals surface area contributed by atoms with Crippen molar-refractivity contribution < 1.29 is 27.5 Å². The third-order valence-electron chi connectivity index (χ3n) is 7.31. The van der Waals surface area contributed by atoms with Crippen molar-refractivity contribution in [3.05, 3.63) is 59.7 Å². The Bertz CT molecular complexity index is 1260. The number of nitrogens with one attached hydrogen (secondary N) is 4. The molecule has 4 N–H and O–H groups in total. The molecule has 2 saturated carbocycles. The normalized spacial score (nSPS) is 20.1. The molecule has 3 amide bonds. The van der Waals surface area contributed by atoms with E-state index in [9.17, 15) is 22.8 Å². The Morgan fingerprint density at radius 2 is 1.54 bits per heavy atom. The largest absolute Gasteiger partial charge is 0.573 e. The number of carbonyl (C=O) groups excluding carboxylic acids is 2. The van der Waals surface area contributed by atoms with Crippen LogP contribution in [0.15, 0.2) is 48.5 Å². The number of ether oxygens (including phenoxy) is 1. The van der Waals surface area contributed by atoms with Gasteiger partial charge in [0, 0.05) is 11.3 Å². The molecular weight excluding hydrogens is 515 g/mol. The van der Waals surface area contributed by atoms with Crippen molar-refractivity contribution in [1.82, 2.24) is 25.9 Å². The van der Waals surface area contributed by atoms with Gasteiger partial charge >= 0.3 is 12.4 Å². The highest BCUT2D eigenvalue weighted by Crippen LogP contribution is 2.47. The van der Waals surface area contributed by atoms with Gasteiger partial charge in [0.25, 0.3) is 11.9 Å². The zero-order valence-electron chi connectivity index (χ0n) is 20.9. The van der Waals surface area contributed by atoms with Crippen LogP contribution in [0.3, 0.4) is 0 Å². The second kappa shape index (κ2) is 11.3. The number of hydrogen-bond acceptors (Lipinski definition) is 6. The minimum atomic E-state index is -4.79. The van der Waals surface area contributed by atoms with Crippen LogP contribution in [0.4, 0.5) is 29.6 Å². The monoisotopic (exact) mass is 543 g/mol. The summed E-state index contributed by atoms with van der Waals surface area (Å²) in [6.45, 7) is 0. The van der Waals surface area contributed by atoms with E-state index in [-0.39, 0.29) is 23.7 Å². The maximum Gasteiger partial charge on any atom is 0.573 e. The van der Waals surface area contributed by atoms with E-state index in [2.05, 4.69) is 41.3 Å². The van der Waals surface area contributed by atoms with Gasteiger partial charge in [-0.25, -0.2) is 4.79 Å². The van der Waals surface area contributed by atoms with E-state index in [1.165, 1.54) is 25.0 Å². The first kappa shape index (κ1) is 26.4. The summed E-state index contributed by atoms with van der Waals surface area (Å²) >= 11 is 0. The number of aromatic nitrogens is 4. The van der Waals surface area contributed by atoms with Crippen molar-refractivity contribution >= 4 is 23.6 Å². The molecule has 1 aromatic heterocycles. The smallest absolute Gasteiger partial charge is 0.406 e. The highest BCUT2D eigenvalue weighted by atomic mass is 19.4. The number of nitrogens with zero attached hydrogens (tertiary/aromatic N) is 3. The van der Waals surface area contributed by atoms with Crippen LogP contribution < -0.4 is 20.7 Å². The van der Waals surface area contributed by atoms with Crippen LogP contribution in [0, 0.1) is 17.8 Å². The first-order chi connectivity index (χ1) is 18.7. The predicted molar refractivity (Wildman–Crippen MR) is 135 cm³/mol. The van der Waals surface area contributed by atoms with Crippen LogP contribution in [-0.2, 0) is 0 Å². The lowest BCUT2D eigenvalue weighted by atomic mass is 9.75. The van der Waals surface area contributed by atoms with Gasteiger partial charge in [0.1, 0.15) is 5.75 Å². The molecule has 0 spiro atoms. The summed E-state index contributed by atoms with van der Waals surface area (Å²) < 4.78 is 41.2. The van der Waals surface area contributed by atoms with Crippen molar-refractivity contribution in [2.24, 2.45) is 17.8 Å². The maximum absolute atomic E-state index is 13.0. The number of benzene rings is 2. The molecule has 0 radical (unpaired) electrons. The molecule has 1 heterocycles. The fourth-order valence-electron chi connectivity index (χ4n) is 5.27. The second-order valence-corrected chi connectivity index (χ2v) is 9.97. The van der Waals surface area contributed by atoms with Crippen molar-refractivity contribution in [3.8, 4) is 5.75 Å². The van der Waals surface area contributed by atoms with Crippen LogP contribution in [0.5, 0.6) is 5.75 Å². The number of halogens is 3. The third kappa shape index (κ3) is 7.24. The zero-order valence-corrected chi connectivity index (χ0v) is 20.9. The van der Waals surface area contributed by atoms with Gasteiger partial charge < -0.3 is 15.4 Å². The fraction of sp³-hybridized carbons (Fsp3) is 0.423. The number of hydrogen-bond donors (Lipinski definition) is 4. The number of aromatic amines is 1. The Kier molecular flexibility index (Phi) is 7.66. The van der Waals surface area contributed by atoms with E-state index < -0.39 is 18.3 Å². The van der Waals surface area contributed by atoms with E-state index in [4.69, 9.17) is 0 Å².